The molecule has 1 aliphatic carbocycles. The van der Waals surface area contributed by atoms with E-state index in [4.69, 9.17) is 10.1 Å². The van der Waals surface area contributed by atoms with E-state index in [0.29, 0.717) is 5.25 Å². The molecule has 176 valence electrons. The van der Waals surface area contributed by atoms with E-state index in [1.54, 1.807) is 17.6 Å². The molecule has 1 saturated carbocycles. The number of carbonyl (C=O) groups is 1. The number of hydrogen-bond acceptors (Lipinski definition) is 7. The molecule has 9 heteroatoms. The van der Waals surface area contributed by atoms with Gasteiger partial charge in [0.05, 0.1) is 22.2 Å². The number of aliphatic imine (C=N–C) groups is 1. The van der Waals surface area contributed by atoms with E-state index in [0.717, 1.165) is 27.2 Å². The summed E-state index contributed by atoms with van der Waals surface area (Å²) >= 11 is 3.74. The molecule has 0 bridgehead atoms. The van der Waals surface area contributed by atoms with Crippen molar-refractivity contribution in [3.05, 3.63) is 47.9 Å². The first-order chi connectivity index (χ1) is 16.7. The molecule has 6 nitrogen and oxygen atoms in total. The SMILES string of the molecule is CNc1c(SC2CCC2)sc2nc(C3=CPC(C(=O)NCCO)N=C3)cc(-c3ccccc3)c12. The first-order valence-electron chi connectivity index (χ1n) is 11.4. The van der Waals surface area contributed by atoms with Gasteiger partial charge in [0.2, 0.25) is 5.91 Å². The number of thiophene rings is 1. The van der Waals surface area contributed by atoms with Crippen LogP contribution >= 0.6 is 31.7 Å². The Kier molecular flexibility index (Phi) is 7.30. The first kappa shape index (κ1) is 23.5. The third-order valence-corrected chi connectivity index (χ3v) is 9.85. The molecule has 1 aromatic carbocycles. The van der Waals surface area contributed by atoms with E-state index < -0.39 is 5.78 Å². The Morgan fingerprint density at radius 1 is 1.29 bits per heavy atom. The number of aliphatic hydroxyl groups excluding tert-OH is 1. The maximum Gasteiger partial charge on any atom is 0.249 e. The Bertz CT molecular complexity index is 1250. The van der Waals surface area contributed by atoms with Gasteiger partial charge in [0.25, 0.3) is 0 Å². The van der Waals surface area contributed by atoms with Gasteiger partial charge in [-0.05, 0) is 35.9 Å². The molecule has 34 heavy (non-hydrogen) atoms. The zero-order valence-corrected chi connectivity index (χ0v) is 21.5. The quantitative estimate of drug-likeness (QED) is 0.363. The molecule has 2 atom stereocenters. The Hall–Kier alpha value is -2.25. The van der Waals surface area contributed by atoms with Crippen molar-refractivity contribution in [2.75, 3.05) is 25.5 Å². The van der Waals surface area contributed by atoms with Crippen molar-refractivity contribution in [3.63, 3.8) is 0 Å². The van der Waals surface area contributed by atoms with E-state index >= 15 is 0 Å². The molecule has 0 saturated heterocycles. The number of nitrogens with zero attached hydrogens (tertiary/aromatic N) is 2. The maximum atomic E-state index is 12.2. The van der Waals surface area contributed by atoms with Crippen LogP contribution < -0.4 is 10.6 Å². The van der Waals surface area contributed by atoms with Gasteiger partial charge in [-0.25, -0.2) is 4.98 Å². The van der Waals surface area contributed by atoms with E-state index in [1.165, 1.54) is 34.5 Å². The number of aliphatic hydroxyl groups is 1. The summed E-state index contributed by atoms with van der Waals surface area (Å²) in [5.74, 6) is 1.48. The Labute approximate surface area is 209 Å². The van der Waals surface area contributed by atoms with Crippen LogP contribution in [0.4, 0.5) is 5.69 Å². The van der Waals surface area contributed by atoms with E-state index in [-0.39, 0.29) is 27.6 Å². The summed E-state index contributed by atoms with van der Waals surface area (Å²) in [6.07, 6.45) is 5.65. The molecule has 3 heterocycles. The highest BCUT2D eigenvalue weighted by Gasteiger charge is 2.25. The number of fused-ring (bicyclic) bond motifs is 1. The minimum Gasteiger partial charge on any atom is -0.395 e. The van der Waals surface area contributed by atoms with Crippen LogP contribution in [0.2, 0.25) is 0 Å². The zero-order chi connectivity index (χ0) is 23.5. The van der Waals surface area contributed by atoms with Gasteiger partial charge in [-0.3, -0.25) is 9.79 Å². The monoisotopic (exact) mass is 510 g/mol. The van der Waals surface area contributed by atoms with Crippen LogP contribution in [0, 0.1) is 0 Å². The molecule has 5 rings (SSSR count). The van der Waals surface area contributed by atoms with Crippen molar-refractivity contribution in [2.24, 2.45) is 4.99 Å². The molecule has 2 unspecified atom stereocenters. The van der Waals surface area contributed by atoms with Crippen LogP contribution in [0.25, 0.3) is 26.9 Å². The Morgan fingerprint density at radius 3 is 2.76 bits per heavy atom. The third kappa shape index (κ3) is 4.78. The largest absolute Gasteiger partial charge is 0.395 e. The lowest BCUT2D eigenvalue weighted by Crippen LogP contribution is -2.33. The summed E-state index contributed by atoms with van der Waals surface area (Å²) in [5, 5.41) is 17.0. The lowest BCUT2D eigenvalue weighted by Gasteiger charge is -2.24. The average Bonchev–Trinajstić information content (AvgIpc) is 3.22. The highest BCUT2D eigenvalue weighted by Crippen LogP contribution is 2.49. The predicted octanol–water partition coefficient (Wildman–Crippen LogP) is 5.19. The number of amides is 1. The molecule has 3 aromatic rings. The molecule has 2 aromatic heterocycles. The number of hydrogen-bond donors (Lipinski definition) is 3. The molecule has 3 N–H and O–H groups in total. The third-order valence-electron chi connectivity index (χ3n) is 6.00. The zero-order valence-electron chi connectivity index (χ0n) is 18.9. The van der Waals surface area contributed by atoms with Crippen LogP contribution in [0.3, 0.4) is 0 Å². The number of benzene rings is 1. The van der Waals surface area contributed by atoms with E-state index in [2.05, 4.69) is 51.8 Å². The Morgan fingerprint density at radius 2 is 2.12 bits per heavy atom. The summed E-state index contributed by atoms with van der Waals surface area (Å²) < 4.78 is 1.30. The minimum absolute atomic E-state index is 0.0744. The van der Waals surface area contributed by atoms with Gasteiger partial charge in [-0.15, -0.1) is 23.1 Å². The fourth-order valence-electron chi connectivity index (χ4n) is 3.98. The highest BCUT2D eigenvalue weighted by molar-refractivity contribution is 8.02. The van der Waals surface area contributed by atoms with Gasteiger partial charge in [0, 0.05) is 36.0 Å². The molecular weight excluding hydrogens is 483 g/mol. The normalized spacial score (nSPS) is 18.6. The topological polar surface area (TPSA) is 86.6 Å². The van der Waals surface area contributed by atoms with Crippen molar-refractivity contribution in [3.8, 4) is 11.1 Å². The van der Waals surface area contributed by atoms with Crippen LogP contribution in [-0.4, -0.2) is 53.4 Å². The molecule has 1 amide bonds. The number of nitrogens with one attached hydrogen (secondary N) is 2. The van der Waals surface area contributed by atoms with Crippen molar-refractivity contribution in [1.82, 2.24) is 10.3 Å². The fraction of sp³-hybridized carbons (Fsp3) is 0.320. The minimum atomic E-state index is -0.435. The summed E-state index contributed by atoms with van der Waals surface area (Å²) in [6.45, 7) is 0.174. The van der Waals surface area contributed by atoms with Gasteiger partial charge >= 0.3 is 0 Å². The second-order valence-corrected chi connectivity index (χ2v) is 12.0. The van der Waals surface area contributed by atoms with Gasteiger partial charge in [0.15, 0.2) is 0 Å². The van der Waals surface area contributed by atoms with E-state index in [1.807, 2.05) is 24.9 Å². The molecule has 0 spiro atoms. The molecule has 0 radical (unpaired) electrons. The lowest BCUT2D eigenvalue weighted by molar-refractivity contribution is -0.120. The summed E-state index contributed by atoms with van der Waals surface area (Å²) in [6, 6.07) is 12.6. The van der Waals surface area contributed by atoms with Crippen molar-refractivity contribution < 1.29 is 9.90 Å². The molecule has 2 aliphatic rings. The van der Waals surface area contributed by atoms with E-state index in [9.17, 15) is 4.79 Å². The number of aromatic nitrogens is 1. The second kappa shape index (κ2) is 10.6. The standard InChI is InChI=1S/C25H27N4O2PS2/c1-26-21-20-18(15-6-3-2-4-7-15)12-19(29-24(20)34-25(21)33-17-8-5-9-17)16-13-28-23(32-14-16)22(31)27-10-11-30/h2-4,6-7,12-14,17,23,26,30,32H,5,8-11H2,1H3,(H,27,31). The van der Waals surface area contributed by atoms with Gasteiger partial charge < -0.3 is 15.7 Å². The molecule has 1 aliphatic heterocycles. The number of rotatable bonds is 8. The van der Waals surface area contributed by atoms with Gasteiger partial charge in [0.1, 0.15) is 10.6 Å². The maximum absolute atomic E-state index is 12.2. The second-order valence-electron chi connectivity index (χ2n) is 8.25. The number of allylic oxidation sites excluding steroid dienone is 1. The fourth-order valence-corrected chi connectivity index (χ4v) is 7.93. The Balaban J connectivity index is 1.54. The number of thioether (sulfide) groups is 1. The number of pyridine rings is 1. The molecule has 1 fully saturated rings. The summed E-state index contributed by atoms with van der Waals surface area (Å²) in [4.78, 5) is 22.8. The molecular formula is C25H27N4O2PS2. The summed E-state index contributed by atoms with van der Waals surface area (Å²) in [5.41, 5.74) is 5.30. The lowest BCUT2D eigenvalue weighted by atomic mass is 10.00. The van der Waals surface area contributed by atoms with Crippen LogP contribution in [0.1, 0.15) is 25.0 Å². The van der Waals surface area contributed by atoms with Gasteiger partial charge in [-0.2, -0.15) is 0 Å². The summed E-state index contributed by atoms with van der Waals surface area (Å²) in [7, 11) is 2.23. The predicted molar refractivity (Wildman–Crippen MR) is 147 cm³/mol. The van der Waals surface area contributed by atoms with Crippen molar-refractivity contribution in [1.29, 1.82) is 0 Å². The average molecular weight is 511 g/mol. The van der Waals surface area contributed by atoms with Crippen molar-refractivity contribution in [2.45, 2.75) is 34.5 Å². The van der Waals surface area contributed by atoms with Crippen LogP contribution in [0.15, 0.2) is 51.4 Å². The first-order valence-corrected chi connectivity index (χ1v) is 14.3. The van der Waals surface area contributed by atoms with Gasteiger partial charge in [-0.1, -0.05) is 45.3 Å². The van der Waals surface area contributed by atoms with Crippen LogP contribution in [0.5, 0.6) is 0 Å². The number of anilines is 1. The number of carbonyl (C=O) groups excluding carboxylic acids is 1. The highest BCUT2D eigenvalue weighted by atomic mass is 32.2. The van der Waals surface area contributed by atoms with Crippen LogP contribution in [-0.2, 0) is 4.79 Å². The smallest absolute Gasteiger partial charge is 0.249 e. The van der Waals surface area contributed by atoms with Crippen molar-refractivity contribution >= 4 is 65.3 Å².